The zero-order chi connectivity index (χ0) is 12.4. The molecule has 2 rings (SSSR count). The van der Waals surface area contributed by atoms with Crippen LogP contribution < -0.4 is 4.74 Å². The number of carbonyl (C=O) groups is 1. The van der Waals surface area contributed by atoms with E-state index < -0.39 is 17.6 Å². The molecule has 3 nitrogen and oxygen atoms in total. The summed E-state index contributed by atoms with van der Waals surface area (Å²) in [5, 5.41) is 8.59. The standard InChI is InChI=1S/C12H12F2O3/c13-9-6-10(14)8(3-4-11(15)16)12-7(9)2-1-5-17-12/h6H,1-5H2,(H,15,16). The number of ether oxygens (including phenoxy) is 1. The highest BCUT2D eigenvalue weighted by Crippen LogP contribution is 2.33. The highest BCUT2D eigenvalue weighted by Gasteiger charge is 2.22. The van der Waals surface area contributed by atoms with Gasteiger partial charge in [-0.25, -0.2) is 8.78 Å². The van der Waals surface area contributed by atoms with Crippen LogP contribution >= 0.6 is 0 Å². The molecule has 0 fully saturated rings. The minimum atomic E-state index is -1.02. The van der Waals surface area contributed by atoms with E-state index in [0.29, 0.717) is 25.0 Å². The van der Waals surface area contributed by atoms with E-state index in [2.05, 4.69) is 0 Å². The van der Waals surface area contributed by atoms with Crippen molar-refractivity contribution in [3.8, 4) is 5.75 Å². The molecule has 0 atom stereocenters. The first-order chi connectivity index (χ1) is 8.09. The van der Waals surface area contributed by atoms with Gasteiger partial charge in [0.05, 0.1) is 6.61 Å². The van der Waals surface area contributed by atoms with Crippen LogP contribution in [0.5, 0.6) is 5.75 Å². The first kappa shape index (κ1) is 11.8. The molecular formula is C12H12F2O3. The second-order valence-corrected chi connectivity index (χ2v) is 3.97. The number of halogens is 2. The summed E-state index contributed by atoms with van der Waals surface area (Å²) in [5.41, 5.74) is 0.529. The van der Waals surface area contributed by atoms with Crippen molar-refractivity contribution in [2.24, 2.45) is 0 Å². The van der Waals surface area contributed by atoms with Gasteiger partial charge in [-0.1, -0.05) is 0 Å². The average Bonchev–Trinajstić information content (AvgIpc) is 2.28. The summed E-state index contributed by atoms with van der Waals surface area (Å²) in [6.07, 6.45) is 1.01. The van der Waals surface area contributed by atoms with Crippen LogP contribution in [-0.4, -0.2) is 17.7 Å². The van der Waals surface area contributed by atoms with Crippen molar-refractivity contribution < 1.29 is 23.4 Å². The Balaban J connectivity index is 2.39. The van der Waals surface area contributed by atoms with Gasteiger partial charge < -0.3 is 9.84 Å². The second-order valence-electron chi connectivity index (χ2n) is 3.97. The maximum absolute atomic E-state index is 13.6. The fraction of sp³-hybridized carbons (Fsp3) is 0.417. The summed E-state index contributed by atoms with van der Waals surface area (Å²) in [4.78, 5) is 10.5. The van der Waals surface area contributed by atoms with Crippen molar-refractivity contribution in [3.05, 3.63) is 28.8 Å². The lowest BCUT2D eigenvalue weighted by Gasteiger charge is -2.21. The Kier molecular flexibility index (Phi) is 3.26. The van der Waals surface area contributed by atoms with E-state index in [1.807, 2.05) is 0 Å². The van der Waals surface area contributed by atoms with E-state index in [4.69, 9.17) is 9.84 Å². The molecule has 1 heterocycles. The third-order valence-corrected chi connectivity index (χ3v) is 2.78. The number of aliphatic carboxylic acids is 1. The monoisotopic (exact) mass is 242 g/mol. The van der Waals surface area contributed by atoms with E-state index in [-0.39, 0.29) is 24.2 Å². The van der Waals surface area contributed by atoms with Gasteiger partial charge in [0.1, 0.15) is 17.4 Å². The molecule has 0 spiro atoms. The van der Waals surface area contributed by atoms with E-state index in [0.717, 1.165) is 6.07 Å². The van der Waals surface area contributed by atoms with E-state index in [1.165, 1.54) is 0 Å². The lowest BCUT2D eigenvalue weighted by molar-refractivity contribution is -0.136. The molecule has 1 aliphatic heterocycles. The van der Waals surface area contributed by atoms with Gasteiger partial charge in [-0.15, -0.1) is 0 Å². The van der Waals surface area contributed by atoms with Gasteiger partial charge in [0.25, 0.3) is 0 Å². The summed E-state index contributed by atoms with van der Waals surface area (Å²) in [6.45, 7) is 0.413. The lowest BCUT2D eigenvalue weighted by atomic mass is 9.98. The molecule has 1 aliphatic rings. The molecule has 1 aromatic rings. The first-order valence-corrected chi connectivity index (χ1v) is 5.44. The topological polar surface area (TPSA) is 46.5 Å². The summed E-state index contributed by atoms with van der Waals surface area (Å²) in [7, 11) is 0. The minimum Gasteiger partial charge on any atom is -0.493 e. The molecule has 0 aliphatic carbocycles. The number of hydrogen-bond acceptors (Lipinski definition) is 2. The molecule has 0 unspecified atom stereocenters. The van der Waals surface area contributed by atoms with Gasteiger partial charge >= 0.3 is 5.97 Å². The average molecular weight is 242 g/mol. The molecule has 0 amide bonds. The van der Waals surface area contributed by atoms with E-state index in [1.54, 1.807) is 0 Å². The van der Waals surface area contributed by atoms with Crippen LogP contribution in [-0.2, 0) is 17.6 Å². The Labute approximate surface area is 97.0 Å². The maximum atomic E-state index is 13.6. The molecule has 1 aromatic carbocycles. The molecule has 0 saturated carbocycles. The van der Waals surface area contributed by atoms with Crippen LogP contribution in [0.3, 0.4) is 0 Å². The van der Waals surface area contributed by atoms with Crippen LogP contribution in [0.15, 0.2) is 6.07 Å². The van der Waals surface area contributed by atoms with Crippen molar-refractivity contribution in [1.29, 1.82) is 0 Å². The number of fused-ring (bicyclic) bond motifs is 1. The minimum absolute atomic E-state index is 0.0176. The van der Waals surface area contributed by atoms with Gasteiger partial charge in [-0.05, 0) is 19.3 Å². The second kappa shape index (κ2) is 4.69. The van der Waals surface area contributed by atoms with Crippen molar-refractivity contribution in [3.63, 3.8) is 0 Å². The molecule has 17 heavy (non-hydrogen) atoms. The number of carboxylic acid groups (broad SMARTS) is 1. The van der Waals surface area contributed by atoms with E-state index in [9.17, 15) is 13.6 Å². The Bertz CT molecular complexity index is 458. The smallest absolute Gasteiger partial charge is 0.303 e. The van der Waals surface area contributed by atoms with Crippen molar-refractivity contribution in [1.82, 2.24) is 0 Å². The quantitative estimate of drug-likeness (QED) is 0.884. The molecule has 0 bridgehead atoms. The molecular weight excluding hydrogens is 230 g/mol. The Morgan fingerprint density at radius 3 is 2.88 bits per heavy atom. The maximum Gasteiger partial charge on any atom is 0.303 e. The fourth-order valence-electron chi connectivity index (χ4n) is 1.98. The van der Waals surface area contributed by atoms with Crippen LogP contribution in [0, 0.1) is 11.6 Å². The Morgan fingerprint density at radius 2 is 2.18 bits per heavy atom. The molecule has 5 heteroatoms. The van der Waals surface area contributed by atoms with Crippen LogP contribution in [0.2, 0.25) is 0 Å². The highest BCUT2D eigenvalue weighted by atomic mass is 19.1. The zero-order valence-electron chi connectivity index (χ0n) is 9.13. The Morgan fingerprint density at radius 1 is 1.41 bits per heavy atom. The number of rotatable bonds is 3. The Hall–Kier alpha value is -1.65. The van der Waals surface area contributed by atoms with Crippen molar-refractivity contribution in [2.45, 2.75) is 25.7 Å². The summed E-state index contributed by atoms with van der Waals surface area (Å²) in [6, 6.07) is 0.810. The fourth-order valence-corrected chi connectivity index (χ4v) is 1.98. The number of hydrogen-bond donors (Lipinski definition) is 1. The number of benzene rings is 1. The van der Waals surface area contributed by atoms with Gasteiger partial charge in [-0.3, -0.25) is 4.79 Å². The van der Waals surface area contributed by atoms with E-state index >= 15 is 0 Å². The molecule has 0 aromatic heterocycles. The van der Waals surface area contributed by atoms with Crippen LogP contribution in [0.25, 0.3) is 0 Å². The van der Waals surface area contributed by atoms with Gasteiger partial charge in [0, 0.05) is 23.6 Å². The predicted octanol–water partition coefficient (Wildman–Crippen LogP) is 2.31. The third-order valence-electron chi connectivity index (χ3n) is 2.78. The largest absolute Gasteiger partial charge is 0.493 e. The van der Waals surface area contributed by atoms with Gasteiger partial charge in [0.2, 0.25) is 0 Å². The molecule has 0 radical (unpaired) electrons. The van der Waals surface area contributed by atoms with Crippen LogP contribution in [0.4, 0.5) is 8.78 Å². The zero-order valence-corrected chi connectivity index (χ0v) is 9.13. The normalized spacial score (nSPS) is 14.0. The molecule has 1 N–H and O–H groups in total. The highest BCUT2D eigenvalue weighted by molar-refractivity contribution is 5.67. The van der Waals surface area contributed by atoms with Crippen molar-refractivity contribution >= 4 is 5.97 Å². The number of carboxylic acids is 1. The van der Waals surface area contributed by atoms with Crippen molar-refractivity contribution in [2.75, 3.05) is 6.61 Å². The summed E-state index contributed by atoms with van der Waals surface area (Å²) < 4.78 is 32.3. The van der Waals surface area contributed by atoms with Crippen LogP contribution in [0.1, 0.15) is 24.0 Å². The predicted molar refractivity (Wildman–Crippen MR) is 56.1 cm³/mol. The third kappa shape index (κ3) is 2.38. The van der Waals surface area contributed by atoms with Gasteiger partial charge in [0.15, 0.2) is 0 Å². The molecule has 92 valence electrons. The lowest BCUT2D eigenvalue weighted by Crippen LogP contribution is -2.14. The SMILES string of the molecule is O=C(O)CCc1c(F)cc(F)c2c1OCCC2. The summed E-state index contributed by atoms with van der Waals surface area (Å²) >= 11 is 0. The first-order valence-electron chi connectivity index (χ1n) is 5.44. The summed E-state index contributed by atoms with van der Waals surface area (Å²) in [5.74, 6) is -2.16. The molecule has 0 saturated heterocycles. The van der Waals surface area contributed by atoms with Gasteiger partial charge in [-0.2, -0.15) is 0 Å².